The van der Waals surface area contributed by atoms with Crippen LogP contribution < -0.4 is 4.90 Å². The van der Waals surface area contributed by atoms with E-state index in [4.69, 9.17) is 14.1 Å². The Labute approximate surface area is 205 Å². The Morgan fingerprint density at radius 2 is 1.97 bits per heavy atom. The molecule has 2 atom stereocenters. The molecular formula is C25H24BrN3O5. The zero-order valence-corrected chi connectivity index (χ0v) is 20.8. The first-order chi connectivity index (χ1) is 16.1. The first-order valence-corrected chi connectivity index (χ1v) is 11.7. The van der Waals surface area contributed by atoms with Crippen molar-refractivity contribution in [1.29, 1.82) is 0 Å². The number of aliphatic hydroxyl groups is 1. The molecule has 1 aromatic heterocycles. The Hall–Kier alpha value is -3.17. The third-order valence-electron chi connectivity index (χ3n) is 5.89. The maximum Gasteiger partial charge on any atom is 0.414 e. The summed E-state index contributed by atoms with van der Waals surface area (Å²) >= 11 is 3.47. The highest BCUT2D eigenvalue weighted by Crippen LogP contribution is 2.47. The van der Waals surface area contributed by atoms with Crippen molar-refractivity contribution in [2.24, 2.45) is 11.1 Å². The summed E-state index contributed by atoms with van der Waals surface area (Å²) < 4.78 is 12.1. The number of ether oxygens (including phenoxy) is 1. The van der Waals surface area contributed by atoms with Gasteiger partial charge in [0, 0.05) is 27.7 Å². The van der Waals surface area contributed by atoms with Crippen molar-refractivity contribution in [2.45, 2.75) is 39.1 Å². The second-order valence-corrected chi connectivity index (χ2v) is 10.3. The van der Waals surface area contributed by atoms with Gasteiger partial charge < -0.3 is 19.2 Å². The first kappa shape index (κ1) is 22.6. The molecule has 3 heterocycles. The maximum absolute atomic E-state index is 13.2. The van der Waals surface area contributed by atoms with Crippen molar-refractivity contribution in [3.05, 3.63) is 69.9 Å². The molecule has 0 aliphatic carbocycles. The van der Waals surface area contributed by atoms with Crippen molar-refractivity contribution in [1.82, 2.24) is 5.16 Å². The molecule has 0 spiro atoms. The Morgan fingerprint density at radius 1 is 1.24 bits per heavy atom. The van der Waals surface area contributed by atoms with Gasteiger partial charge >= 0.3 is 11.9 Å². The molecule has 34 heavy (non-hydrogen) atoms. The third-order valence-corrected chi connectivity index (χ3v) is 6.38. The topological polar surface area (TPSA) is 97.4 Å². The van der Waals surface area contributed by atoms with E-state index in [1.54, 1.807) is 0 Å². The molecule has 8 nitrogen and oxygen atoms in total. The summed E-state index contributed by atoms with van der Waals surface area (Å²) in [6.45, 7) is 7.31. The van der Waals surface area contributed by atoms with Crippen LogP contribution in [0.15, 0.2) is 62.7 Å². The summed E-state index contributed by atoms with van der Waals surface area (Å²) in [6, 6.07) is 15.0. The summed E-state index contributed by atoms with van der Waals surface area (Å²) in [5, 5.41) is 20.2. The van der Waals surface area contributed by atoms with Crippen LogP contribution in [0.25, 0.3) is 11.3 Å². The maximum atomic E-state index is 13.2. The number of nitrogens with zero attached hydrogens (tertiary/aromatic N) is 3. The van der Waals surface area contributed by atoms with Gasteiger partial charge in [0.05, 0.1) is 11.6 Å². The van der Waals surface area contributed by atoms with Crippen LogP contribution in [0, 0.1) is 12.8 Å². The zero-order chi connectivity index (χ0) is 24.3. The van der Waals surface area contributed by atoms with E-state index >= 15 is 0 Å². The molecule has 1 N–H and O–H groups in total. The lowest BCUT2D eigenvalue weighted by Crippen LogP contribution is -2.50. The van der Waals surface area contributed by atoms with E-state index < -0.39 is 23.4 Å². The lowest BCUT2D eigenvalue weighted by Gasteiger charge is -2.37. The molecule has 0 radical (unpaired) electrons. The minimum absolute atomic E-state index is 0.0779. The van der Waals surface area contributed by atoms with E-state index in [2.05, 4.69) is 26.2 Å². The highest BCUT2D eigenvalue weighted by Gasteiger charge is 2.57. The molecule has 5 rings (SSSR count). The Kier molecular flexibility index (Phi) is 5.29. The molecular weight excluding hydrogens is 502 g/mol. The second kappa shape index (κ2) is 7.95. The number of hydrogen-bond donors (Lipinski definition) is 1. The molecule has 176 valence electrons. The van der Waals surface area contributed by atoms with Crippen molar-refractivity contribution in [3.63, 3.8) is 0 Å². The minimum Gasteiger partial charge on any atom is -0.443 e. The lowest BCUT2D eigenvalue weighted by molar-refractivity contribution is -0.228. The average molecular weight is 526 g/mol. The SMILES string of the molecule is Cc1c(-c2ccccc2)noc1C1(O)ON=C2c3ccc(Br)cc3N(C(=O)OC(C)(C)C)CC21. The van der Waals surface area contributed by atoms with Crippen LogP contribution in [0.2, 0.25) is 0 Å². The number of rotatable bonds is 2. The third kappa shape index (κ3) is 3.69. The molecule has 2 aliphatic rings. The van der Waals surface area contributed by atoms with Gasteiger partial charge in [-0.2, -0.15) is 0 Å². The first-order valence-electron chi connectivity index (χ1n) is 10.9. The number of anilines is 1. The number of oxime groups is 1. The molecule has 0 saturated heterocycles. The molecule has 2 unspecified atom stereocenters. The van der Waals surface area contributed by atoms with E-state index in [1.165, 1.54) is 4.90 Å². The van der Waals surface area contributed by atoms with Gasteiger partial charge in [0.15, 0.2) is 0 Å². The smallest absolute Gasteiger partial charge is 0.414 e. The quantitative estimate of drug-likeness (QED) is 0.483. The molecule has 2 aromatic carbocycles. The molecule has 0 bridgehead atoms. The van der Waals surface area contributed by atoms with Gasteiger partial charge in [0.1, 0.15) is 17.0 Å². The van der Waals surface area contributed by atoms with E-state index in [-0.39, 0.29) is 12.3 Å². The monoisotopic (exact) mass is 525 g/mol. The molecule has 3 aromatic rings. The Bertz CT molecular complexity index is 1300. The van der Waals surface area contributed by atoms with Gasteiger partial charge in [-0.1, -0.05) is 56.6 Å². The van der Waals surface area contributed by atoms with Gasteiger partial charge in [-0.05, 0) is 45.9 Å². The fraction of sp³-hybridized carbons (Fsp3) is 0.320. The van der Waals surface area contributed by atoms with E-state index in [1.807, 2.05) is 76.2 Å². The number of halogens is 1. The van der Waals surface area contributed by atoms with Gasteiger partial charge in [0.2, 0.25) is 5.76 Å². The normalized spacial score (nSPS) is 21.4. The lowest BCUT2D eigenvalue weighted by atomic mass is 9.83. The fourth-order valence-electron chi connectivity index (χ4n) is 4.33. The van der Waals surface area contributed by atoms with E-state index in [0.717, 1.165) is 10.0 Å². The number of amides is 1. The summed E-state index contributed by atoms with van der Waals surface area (Å²) in [5.41, 5.74) is 3.22. The Morgan fingerprint density at radius 3 is 2.68 bits per heavy atom. The Balaban J connectivity index is 1.57. The van der Waals surface area contributed by atoms with E-state index in [9.17, 15) is 9.90 Å². The zero-order valence-electron chi connectivity index (χ0n) is 19.2. The number of benzene rings is 2. The predicted octanol–water partition coefficient (Wildman–Crippen LogP) is 5.36. The van der Waals surface area contributed by atoms with Crippen molar-refractivity contribution in [2.75, 3.05) is 11.4 Å². The van der Waals surface area contributed by atoms with Crippen LogP contribution in [0.3, 0.4) is 0 Å². The van der Waals surface area contributed by atoms with E-state index in [0.29, 0.717) is 28.2 Å². The van der Waals surface area contributed by atoms with Gasteiger partial charge in [-0.3, -0.25) is 4.90 Å². The summed E-state index contributed by atoms with van der Waals surface area (Å²) in [5.74, 6) is -2.51. The summed E-state index contributed by atoms with van der Waals surface area (Å²) in [4.78, 5) is 20.3. The number of carbonyl (C=O) groups excluding carboxylic acids is 1. The van der Waals surface area contributed by atoms with Crippen LogP contribution >= 0.6 is 15.9 Å². The van der Waals surface area contributed by atoms with Crippen LogP contribution in [-0.4, -0.2) is 34.2 Å². The van der Waals surface area contributed by atoms with Crippen LogP contribution in [0.4, 0.5) is 10.5 Å². The number of fused-ring (bicyclic) bond motifs is 3. The van der Waals surface area contributed by atoms with Crippen LogP contribution in [0.1, 0.15) is 37.7 Å². The van der Waals surface area contributed by atoms with Gasteiger partial charge in [-0.15, -0.1) is 0 Å². The van der Waals surface area contributed by atoms with Crippen molar-refractivity contribution < 1.29 is 24.0 Å². The van der Waals surface area contributed by atoms with Gasteiger partial charge in [-0.25, -0.2) is 4.79 Å². The highest BCUT2D eigenvalue weighted by molar-refractivity contribution is 9.10. The standard InChI is InChI=1S/C25H24BrN3O5/c1-14-20(15-8-6-5-7-9-15)27-33-22(14)25(31)18-13-29(23(30)32-24(2,3)4)19-12-16(26)10-11-17(19)21(18)28-34-25/h5-12,18,31H,13H2,1-4H3. The average Bonchev–Trinajstić information content (AvgIpc) is 3.33. The predicted molar refractivity (Wildman–Crippen MR) is 129 cm³/mol. The fourth-order valence-corrected chi connectivity index (χ4v) is 4.68. The number of carbonyl (C=O) groups is 1. The molecule has 1 amide bonds. The summed E-state index contributed by atoms with van der Waals surface area (Å²) in [7, 11) is 0. The van der Waals surface area contributed by atoms with Gasteiger partial charge in [0.25, 0.3) is 0 Å². The summed E-state index contributed by atoms with van der Waals surface area (Å²) in [6.07, 6.45) is -0.528. The highest BCUT2D eigenvalue weighted by atomic mass is 79.9. The minimum atomic E-state index is -1.94. The number of hydrogen-bond acceptors (Lipinski definition) is 7. The number of aromatic nitrogens is 1. The second-order valence-electron chi connectivity index (χ2n) is 9.42. The van der Waals surface area contributed by atoms with Crippen LogP contribution in [0.5, 0.6) is 0 Å². The largest absolute Gasteiger partial charge is 0.443 e. The van der Waals surface area contributed by atoms with Crippen molar-refractivity contribution >= 4 is 33.4 Å². The molecule has 2 aliphatic heterocycles. The molecule has 9 heteroatoms. The molecule has 0 fully saturated rings. The van der Waals surface area contributed by atoms with Crippen LogP contribution in [-0.2, 0) is 15.4 Å². The molecule has 0 saturated carbocycles. The van der Waals surface area contributed by atoms with Crippen molar-refractivity contribution in [3.8, 4) is 11.3 Å².